The summed E-state index contributed by atoms with van der Waals surface area (Å²) in [7, 11) is -3.51. The lowest BCUT2D eigenvalue weighted by Gasteiger charge is -2.15. The molecule has 0 aliphatic heterocycles. The molecule has 7 heteroatoms. The third kappa shape index (κ3) is 3.63. The molecule has 0 fully saturated rings. The van der Waals surface area contributed by atoms with Crippen LogP contribution in [0.5, 0.6) is 0 Å². The number of rotatable bonds is 5. The maximum Gasteiger partial charge on any atom is 0.243 e. The molecule has 0 radical (unpaired) electrons. The molecule has 0 saturated carbocycles. The van der Waals surface area contributed by atoms with Gasteiger partial charge in [0.05, 0.1) is 5.25 Å². The van der Waals surface area contributed by atoms with Gasteiger partial charge in [-0.2, -0.15) is 0 Å². The zero-order chi connectivity index (χ0) is 15.5. The van der Waals surface area contributed by atoms with Crippen LogP contribution in [0.15, 0.2) is 18.3 Å². The molecular weight excluding hydrogens is 280 g/mol. The summed E-state index contributed by atoms with van der Waals surface area (Å²) in [5, 5.41) is 0.644. The molecule has 110 valence electrons. The van der Waals surface area contributed by atoms with Gasteiger partial charge in [-0.3, -0.25) is 9.59 Å². The van der Waals surface area contributed by atoms with Crippen LogP contribution in [0.4, 0.5) is 5.82 Å². The Morgan fingerprint density at radius 2 is 1.80 bits per heavy atom. The lowest BCUT2D eigenvalue weighted by molar-refractivity contribution is -0.115. The van der Waals surface area contributed by atoms with Crippen LogP contribution in [0.3, 0.4) is 0 Å². The third-order valence-corrected chi connectivity index (χ3v) is 5.45. The molecule has 6 nitrogen and oxygen atoms in total. The predicted molar refractivity (Wildman–Crippen MR) is 76.4 cm³/mol. The highest BCUT2D eigenvalue weighted by atomic mass is 32.2. The van der Waals surface area contributed by atoms with Crippen LogP contribution in [0, 0.1) is 0 Å². The molecule has 20 heavy (non-hydrogen) atoms. The van der Waals surface area contributed by atoms with Crippen molar-refractivity contribution in [3.05, 3.63) is 23.9 Å². The Morgan fingerprint density at radius 3 is 2.20 bits per heavy atom. The monoisotopic (exact) mass is 298 g/mol. The molecule has 1 amide bonds. The Kier molecular flexibility index (Phi) is 4.99. The van der Waals surface area contributed by atoms with Crippen LogP contribution in [-0.4, -0.2) is 35.6 Å². The van der Waals surface area contributed by atoms with Crippen LogP contribution < -0.4 is 5.32 Å². The molecule has 1 aromatic rings. The fourth-order valence-electron chi connectivity index (χ4n) is 1.46. The highest BCUT2D eigenvalue weighted by Gasteiger charge is 2.30. The Morgan fingerprint density at radius 1 is 1.20 bits per heavy atom. The second kappa shape index (κ2) is 6.13. The van der Waals surface area contributed by atoms with Gasteiger partial charge < -0.3 is 5.32 Å². The number of amides is 1. The van der Waals surface area contributed by atoms with Crippen LogP contribution in [0.2, 0.25) is 0 Å². The van der Waals surface area contributed by atoms with E-state index in [0.717, 1.165) is 0 Å². The van der Waals surface area contributed by atoms with Crippen molar-refractivity contribution < 1.29 is 18.0 Å². The first-order chi connectivity index (χ1) is 9.16. The molecule has 1 aromatic heterocycles. The Bertz CT molecular complexity index is 606. The van der Waals surface area contributed by atoms with E-state index in [4.69, 9.17) is 0 Å². The first-order valence-electron chi connectivity index (χ1n) is 6.16. The van der Waals surface area contributed by atoms with Gasteiger partial charge in [-0.05, 0) is 39.8 Å². The normalized spacial score (nSPS) is 13.1. The van der Waals surface area contributed by atoms with Gasteiger partial charge in [-0.15, -0.1) is 0 Å². The van der Waals surface area contributed by atoms with E-state index in [9.17, 15) is 18.0 Å². The number of Topliss-reactive ketones (excluding diaryl/α,β-unsaturated/α-hetero) is 1. The molecular formula is C13H18N2O4S. The summed E-state index contributed by atoms with van der Waals surface area (Å²) in [5.41, 5.74) is 0.422. The summed E-state index contributed by atoms with van der Waals surface area (Å²) in [6.45, 7) is 5.80. The minimum Gasteiger partial charge on any atom is -0.310 e. The first kappa shape index (κ1) is 16.3. The van der Waals surface area contributed by atoms with Crippen LogP contribution >= 0.6 is 0 Å². The van der Waals surface area contributed by atoms with Crippen molar-refractivity contribution in [1.82, 2.24) is 4.98 Å². The van der Waals surface area contributed by atoms with Gasteiger partial charge in [0.25, 0.3) is 0 Å². The van der Waals surface area contributed by atoms with Gasteiger partial charge >= 0.3 is 0 Å². The van der Waals surface area contributed by atoms with E-state index >= 15 is 0 Å². The van der Waals surface area contributed by atoms with Gasteiger partial charge in [0.1, 0.15) is 11.1 Å². The summed E-state index contributed by atoms with van der Waals surface area (Å²) in [5.74, 6) is -0.557. The zero-order valence-corrected chi connectivity index (χ0v) is 12.7. The number of carbonyl (C=O) groups excluding carboxylic acids is 2. The second-order valence-electron chi connectivity index (χ2n) is 4.76. The average molecular weight is 298 g/mol. The van der Waals surface area contributed by atoms with Crippen LogP contribution in [0.25, 0.3) is 0 Å². The Balaban J connectivity index is 2.83. The van der Waals surface area contributed by atoms with Crippen molar-refractivity contribution in [1.29, 1.82) is 0 Å². The van der Waals surface area contributed by atoms with E-state index in [-0.39, 0.29) is 11.6 Å². The smallest absolute Gasteiger partial charge is 0.243 e. The molecule has 1 heterocycles. The van der Waals surface area contributed by atoms with Gasteiger partial charge in [0.2, 0.25) is 5.91 Å². The van der Waals surface area contributed by atoms with Crippen LogP contribution in [0.1, 0.15) is 38.1 Å². The molecule has 0 aliphatic carbocycles. The van der Waals surface area contributed by atoms with Gasteiger partial charge in [-0.1, -0.05) is 0 Å². The Labute approximate surface area is 118 Å². The number of aromatic nitrogens is 1. The summed E-state index contributed by atoms with van der Waals surface area (Å²) in [6.07, 6.45) is 1.33. The highest BCUT2D eigenvalue weighted by molar-refractivity contribution is 7.93. The van der Waals surface area contributed by atoms with Crippen molar-refractivity contribution in [3.63, 3.8) is 0 Å². The van der Waals surface area contributed by atoms with Gasteiger partial charge in [0, 0.05) is 11.8 Å². The average Bonchev–Trinajstić information content (AvgIpc) is 2.38. The molecule has 1 rings (SSSR count). The van der Waals surface area contributed by atoms with Crippen molar-refractivity contribution in [2.75, 3.05) is 5.32 Å². The number of anilines is 1. The molecule has 0 spiro atoms. The van der Waals surface area contributed by atoms with Gasteiger partial charge in [-0.25, -0.2) is 13.4 Å². The van der Waals surface area contributed by atoms with Gasteiger partial charge in [0.15, 0.2) is 15.6 Å². The van der Waals surface area contributed by atoms with Crippen LogP contribution in [-0.2, 0) is 14.6 Å². The quantitative estimate of drug-likeness (QED) is 0.830. The minimum atomic E-state index is -3.51. The SMILES string of the molecule is CC(=O)c1ccc(NC(=O)[C@@H](C)S(=O)(=O)C(C)C)nc1. The number of ketones is 1. The van der Waals surface area contributed by atoms with Crippen molar-refractivity contribution in [2.24, 2.45) is 0 Å². The standard InChI is InChI=1S/C13H18N2O4S/c1-8(2)20(18,19)10(4)13(17)15-12-6-5-11(7-14-12)9(3)16/h5-8,10H,1-4H3,(H,14,15,17)/t10-/m1/s1. The Hall–Kier alpha value is -1.76. The van der Waals surface area contributed by atoms with E-state index in [0.29, 0.717) is 5.56 Å². The van der Waals surface area contributed by atoms with E-state index < -0.39 is 26.2 Å². The molecule has 0 unspecified atom stereocenters. The topological polar surface area (TPSA) is 93.2 Å². The maximum atomic E-state index is 11.9. The maximum absolute atomic E-state index is 11.9. The summed E-state index contributed by atoms with van der Waals surface area (Å²) >= 11 is 0. The number of nitrogens with zero attached hydrogens (tertiary/aromatic N) is 1. The first-order valence-corrected chi connectivity index (χ1v) is 7.77. The second-order valence-corrected chi connectivity index (χ2v) is 7.59. The molecule has 0 saturated heterocycles. The number of nitrogens with one attached hydrogen (secondary N) is 1. The number of hydrogen-bond donors (Lipinski definition) is 1. The molecule has 0 bridgehead atoms. The fraction of sp³-hybridized carbons (Fsp3) is 0.462. The molecule has 1 atom stereocenters. The summed E-state index contributed by atoms with van der Waals surface area (Å²) in [6, 6.07) is 2.98. The number of sulfone groups is 1. The number of hydrogen-bond acceptors (Lipinski definition) is 5. The summed E-state index contributed by atoms with van der Waals surface area (Å²) in [4.78, 5) is 26.9. The predicted octanol–water partition coefficient (Wildman–Crippen LogP) is 1.43. The van der Waals surface area contributed by atoms with Crippen molar-refractivity contribution >= 4 is 27.3 Å². The summed E-state index contributed by atoms with van der Waals surface area (Å²) < 4.78 is 23.8. The highest BCUT2D eigenvalue weighted by Crippen LogP contribution is 2.12. The number of pyridine rings is 1. The zero-order valence-electron chi connectivity index (χ0n) is 11.9. The lowest BCUT2D eigenvalue weighted by Crippen LogP contribution is -2.36. The fourth-order valence-corrected chi connectivity index (χ4v) is 2.64. The molecule has 1 N–H and O–H groups in total. The van der Waals surface area contributed by atoms with Crippen molar-refractivity contribution in [3.8, 4) is 0 Å². The van der Waals surface area contributed by atoms with E-state index in [1.54, 1.807) is 0 Å². The van der Waals surface area contributed by atoms with Crippen molar-refractivity contribution in [2.45, 2.75) is 38.2 Å². The van der Waals surface area contributed by atoms with E-state index in [1.165, 1.54) is 46.0 Å². The lowest BCUT2D eigenvalue weighted by atomic mass is 10.2. The minimum absolute atomic E-state index is 0.133. The number of carbonyl (C=O) groups is 2. The largest absolute Gasteiger partial charge is 0.310 e. The molecule has 0 aliphatic rings. The van der Waals surface area contributed by atoms with E-state index in [1.807, 2.05) is 0 Å². The molecule has 0 aromatic carbocycles. The third-order valence-electron chi connectivity index (χ3n) is 2.94. The van der Waals surface area contributed by atoms with E-state index in [2.05, 4.69) is 10.3 Å².